The van der Waals surface area contributed by atoms with E-state index in [2.05, 4.69) is 0 Å². The van der Waals surface area contributed by atoms with Gasteiger partial charge in [0.1, 0.15) is 5.78 Å². The summed E-state index contributed by atoms with van der Waals surface area (Å²) < 4.78 is 0. The number of ketones is 1. The summed E-state index contributed by atoms with van der Waals surface area (Å²) in [6.07, 6.45) is 8.70. The number of aliphatic hydroxyl groups excluding tert-OH is 3. The average molecular weight is 324 g/mol. The van der Waals surface area contributed by atoms with Crippen molar-refractivity contribution in [1.29, 1.82) is 0 Å². The van der Waals surface area contributed by atoms with Crippen LogP contribution in [0.2, 0.25) is 0 Å². The Labute approximate surface area is 139 Å². The van der Waals surface area contributed by atoms with E-state index in [0.29, 0.717) is 18.3 Å². The maximum absolute atomic E-state index is 12.9. The summed E-state index contributed by atoms with van der Waals surface area (Å²) >= 11 is 0. The summed E-state index contributed by atoms with van der Waals surface area (Å²) in [4.78, 5) is 12.9. The molecule has 5 unspecified atom stereocenters. The zero-order chi connectivity index (χ0) is 16.4. The van der Waals surface area contributed by atoms with Crippen LogP contribution >= 0.6 is 0 Å². The largest absolute Gasteiger partial charge is 0.393 e. The van der Waals surface area contributed by atoms with Crippen molar-refractivity contribution in [2.75, 3.05) is 0 Å². The fourth-order valence-electron chi connectivity index (χ4n) is 5.21. The van der Waals surface area contributed by atoms with Gasteiger partial charge < -0.3 is 15.3 Å². The predicted molar refractivity (Wildman–Crippen MR) is 87.8 cm³/mol. The number of carbonyl (C=O) groups is 1. The first-order valence-corrected chi connectivity index (χ1v) is 9.64. The van der Waals surface area contributed by atoms with Gasteiger partial charge in [0, 0.05) is 11.8 Å². The van der Waals surface area contributed by atoms with Crippen LogP contribution in [0.5, 0.6) is 0 Å². The van der Waals surface area contributed by atoms with Crippen LogP contribution in [0.15, 0.2) is 0 Å². The lowest BCUT2D eigenvalue weighted by atomic mass is 9.66. The van der Waals surface area contributed by atoms with Gasteiger partial charge in [-0.05, 0) is 69.6 Å². The lowest BCUT2D eigenvalue weighted by Crippen LogP contribution is -2.43. The molecule has 0 aliphatic heterocycles. The standard InChI is InChI=1S/C19H32O4/c20-14-8-5-12(6-9-14)13-7-10-18(22)16(11-13)19(23)15-3-1-2-4-17(15)21/h12-18,20-22H,1-11H2. The zero-order valence-electron chi connectivity index (χ0n) is 14.1. The summed E-state index contributed by atoms with van der Waals surface area (Å²) in [5.74, 6) is 0.678. The van der Waals surface area contributed by atoms with Gasteiger partial charge in [0.15, 0.2) is 0 Å². The summed E-state index contributed by atoms with van der Waals surface area (Å²) in [5, 5.41) is 30.2. The Morgan fingerprint density at radius 1 is 0.652 bits per heavy atom. The lowest BCUT2D eigenvalue weighted by Gasteiger charge is -2.40. The van der Waals surface area contributed by atoms with E-state index in [4.69, 9.17) is 0 Å². The van der Waals surface area contributed by atoms with Gasteiger partial charge in [-0.1, -0.05) is 12.8 Å². The van der Waals surface area contributed by atoms with Crippen molar-refractivity contribution < 1.29 is 20.1 Å². The van der Waals surface area contributed by atoms with E-state index in [9.17, 15) is 20.1 Å². The van der Waals surface area contributed by atoms with E-state index in [1.807, 2.05) is 0 Å². The number of Topliss-reactive ketones (excluding diaryl/α,β-unsaturated/α-hetero) is 1. The lowest BCUT2D eigenvalue weighted by molar-refractivity contribution is -0.138. The smallest absolute Gasteiger partial charge is 0.144 e. The number of hydrogen-bond acceptors (Lipinski definition) is 4. The number of aliphatic hydroxyl groups is 3. The van der Waals surface area contributed by atoms with Crippen LogP contribution in [0.3, 0.4) is 0 Å². The molecule has 0 aromatic carbocycles. The molecule has 5 atom stereocenters. The van der Waals surface area contributed by atoms with Crippen molar-refractivity contribution in [2.24, 2.45) is 23.7 Å². The minimum atomic E-state index is -0.526. The molecular weight excluding hydrogens is 292 g/mol. The van der Waals surface area contributed by atoms with Gasteiger partial charge in [-0.3, -0.25) is 4.79 Å². The highest BCUT2D eigenvalue weighted by Crippen LogP contribution is 2.42. The molecular formula is C19H32O4. The third kappa shape index (κ3) is 3.97. The molecule has 3 aliphatic rings. The molecule has 0 spiro atoms. The first-order valence-electron chi connectivity index (χ1n) is 9.64. The molecule has 3 aliphatic carbocycles. The summed E-state index contributed by atoms with van der Waals surface area (Å²) in [6, 6.07) is 0. The van der Waals surface area contributed by atoms with Crippen molar-refractivity contribution >= 4 is 5.78 Å². The Morgan fingerprint density at radius 2 is 1.26 bits per heavy atom. The van der Waals surface area contributed by atoms with Gasteiger partial charge in [0.25, 0.3) is 0 Å². The van der Waals surface area contributed by atoms with E-state index in [-0.39, 0.29) is 23.7 Å². The van der Waals surface area contributed by atoms with Crippen LogP contribution < -0.4 is 0 Å². The summed E-state index contributed by atoms with van der Waals surface area (Å²) in [7, 11) is 0. The third-order valence-corrected chi connectivity index (χ3v) is 6.72. The maximum atomic E-state index is 12.9. The molecule has 0 amide bonds. The Hall–Kier alpha value is -0.450. The zero-order valence-corrected chi connectivity index (χ0v) is 14.1. The molecule has 23 heavy (non-hydrogen) atoms. The van der Waals surface area contributed by atoms with Crippen molar-refractivity contribution in [3.05, 3.63) is 0 Å². The summed E-state index contributed by atoms with van der Waals surface area (Å²) in [5.41, 5.74) is 0. The van der Waals surface area contributed by atoms with E-state index in [1.165, 1.54) is 0 Å². The third-order valence-electron chi connectivity index (χ3n) is 6.72. The molecule has 0 saturated heterocycles. The van der Waals surface area contributed by atoms with Gasteiger partial charge in [-0.2, -0.15) is 0 Å². The molecule has 132 valence electrons. The van der Waals surface area contributed by atoms with Crippen LogP contribution in [0.25, 0.3) is 0 Å². The second-order valence-corrected chi connectivity index (χ2v) is 8.18. The summed E-state index contributed by atoms with van der Waals surface area (Å²) in [6.45, 7) is 0. The van der Waals surface area contributed by atoms with Gasteiger partial charge in [0.05, 0.1) is 18.3 Å². The van der Waals surface area contributed by atoms with Crippen LogP contribution in [-0.4, -0.2) is 39.4 Å². The topological polar surface area (TPSA) is 77.8 Å². The first kappa shape index (κ1) is 17.4. The second-order valence-electron chi connectivity index (χ2n) is 8.18. The number of rotatable bonds is 3. The molecule has 0 aromatic heterocycles. The van der Waals surface area contributed by atoms with Gasteiger partial charge in [0.2, 0.25) is 0 Å². The van der Waals surface area contributed by atoms with E-state index in [0.717, 1.165) is 64.2 Å². The van der Waals surface area contributed by atoms with E-state index in [1.54, 1.807) is 0 Å². The average Bonchev–Trinajstić information content (AvgIpc) is 2.56. The molecule has 3 fully saturated rings. The van der Waals surface area contributed by atoms with Crippen LogP contribution in [-0.2, 0) is 4.79 Å². The SMILES string of the molecule is O=C(C1CCCCC1O)C1CC(C2CCC(O)CC2)CCC1O. The highest BCUT2D eigenvalue weighted by atomic mass is 16.3. The van der Waals surface area contributed by atoms with Crippen LogP contribution in [0.1, 0.15) is 70.6 Å². The fourth-order valence-corrected chi connectivity index (χ4v) is 5.21. The van der Waals surface area contributed by atoms with Crippen molar-refractivity contribution in [3.8, 4) is 0 Å². The molecule has 3 rings (SSSR count). The van der Waals surface area contributed by atoms with Crippen LogP contribution in [0.4, 0.5) is 0 Å². The Morgan fingerprint density at radius 3 is 1.96 bits per heavy atom. The monoisotopic (exact) mass is 324 g/mol. The van der Waals surface area contributed by atoms with Crippen LogP contribution in [0, 0.1) is 23.7 Å². The number of hydrogen-bond donors (Lipinski definition) is 3. The quantitative estimate of drug-likeness (QED) is 0.745. The minimum absolute atomic E-state index is 0.116. The van der Waals surface area contributed by atoms with Crippen molar-refractivity contribution in [1.82, 2.24) is 0 Å². The van der Waals surface area contributed by atoms with Gasteiger partial charge in [-0.15, -0.1) is 0 Å². The first-order chi connectivity index (χ1) is 11.1. The van der Waals surface area contributed by atoms with E-state index < -0.39 is 12.2 Å². The molecule has 0 bridgehead atoms. The van der Waals surface area contributed by atoms with E-state index >= 15 is 0 Å². The normalized spacial score (nSPS) is 45.6. The predicted octanol–water partition coefficient (Wildman–Crippen LogP) is 2.43. The van der Waals surface area contributed by atoms with Crippen molar-refractivity contribution in [3.63, 3.8) is 0 Å². The Kier molecular flexibility index (Phi) is 5.76. The highest BCUT2D eigenvalue weighted by molar-refractivity contribution is 5.84. The maximum Gasteiger partial charge on any atom is 0.144 e. The van der Waals surface area contributed by atoms with Gasteiger partial charge in [-0.25, -0.2) is 0 Å². The highest BCUT2D eigenvalue weighted by Gasteiger charge is 2.42. The van der Waals surface area contributed by atoms with Gasteiger partial charge >= 0.3 is 0 Å². The molecule has 3 saturated carbocycles. The Balaban J connectivity index is 1.62. The molecule has 0 aromatic rings. The molecule has 0 radical (unpaired) electrons. The Bertz CT molecular complexity index is 402. The molecule has 4 heteroatoms. The number of carbonyl (C=O) groups excluding carboxylic acids is 1. The molecule has 3 N–H and O–H groups in total. The molecule has 4 nitrogen and oxygen atoms in total. The molecule has 0 heterocycles. The fraction of sp³-hybridized carbons (Fsp3) is 0.947. The second kappa shape index (κ2) is 7.62. The minimum Gasteiger partial charge on any atom is -0.393 e. The van der Waals surface area contributed by atoms with Crippen molar-refractivity contribution in [2.45, 2.75) is 88.9 Å².